The fraction of sp³-hybridized carbons (Fsp3) is 0.525. The van der Waals surface area contributed by atoms with Gasteiger partial charge in [0.15, 0.2) is 11.5 Å². The molecule has 322 valence electrons. The Morgan fingerprint density at radius 1 is 0.867 bits per heavy atom. The molecule has 4 fully saturated rings. The zero-order valence-corrected chi connectivity index (χ0v) is 33.2. The van der Waals surface area contributed by atoms with E-state index in [1.807, 2.05) is 6.92 Å². The molecule has 0 radical (unpaired) electrons. The number of hydrogen-bond acceptors (Lipinski definition) is 11. The Labute approximate surface area is 343 Å². The number of cyclic esters (lactones) is 1. The fourth-order valence-electron chi connectivity index (χ4n) is 8.31. The minimum Gasteiger partial charge on any atom is -0.458 e. The second kappa shape index (κ2) is 17.7. The van der Waals surface area contributed by atoms with Crippen LogP contribution in [0.15, 0.2) is 36.4 Å². The predicted octanol–water partition coefficient (Wildman–Crippen LogP) is 0.817. The summed E-state index contributed by atoms with van der Waals surface area (Å²) < 4.78 is 50.9. The van der Waals surface area contributed by atoms with E-state index >= 15 is 0 Å². The molecule has 18 nitrogen and oxygen atoms in total. The maximum Gasteiger partial charge on any atom is 0.329 e. The summed E-state index contributed by atoms with van der Waals surface area (Å²) in [6.07, 6.45) is -1.05. The van der Waals surface area contributed by atoms with Crippen LogP contribution in [0.25, 0.3) is 0 Å². The number of morpholine rings is 1. The van der Waals surface area contributed by atoms with Gasteiger partial charge in [-0.25, -0.2) is 18.4 Å². The van der Waals surface area contributed by atoms with Crippen molar-refractivity contribution in [3.63, 3.8) is 0 Å². The number of nitrogens with zero attached hydrogens (tertiary/aromatic N) is 3. The molecule has 2 aromatic carbocycles. The monoisotopic (exact) mass is 839 g/mol. The average molecular weight is 840 g/mol. The molecule has 5 aliphatic rings. The number of carbonyl (C=O) groups is 7. The van der Waals surface area contributed by atoms with Gasteiger partial charge in [0.2, 0.25) is 36.3 Å². The Morgan fingerprint density at radius 2 is 1.60 bits per heavy atom. The molecule has 2 aromatic rings. The Kier molecular flexibility index (Phi) is 12.4. The number of nitrogens with one attached hydrogen (secondary N) is 4. The Balaban J connectivity index is 1.20. The standard InChI is InChI=1S/C40H47F2N7O11/c1-20-11-29-39(55)60-22(3)33(38(54)47-8-4-5-28(47)37(53)48-9-10-57-18-30(48)35(51)43-21(2)36(52)49(29)17-20)46-34(50)27(14-23-12-24(41)15-25(42)13-23)45-40(56)44-26-6-7-31-32(16-26)59-19-58-31/h6-7,12-13,15-16,20-22,27-30,33H,4-5,8-11,14,17-19H2,1-3H3,(H,43,51)(H,46,50)(H2,44,45,56)/t20-,21-,22-,27-,28-,29-,30-,33-/m0/s1. The number of esters is 1. The molecular weight excluding hydrogens is 792 g/mol. The summed E-state index contributed by atoms with van der Waals surface area (Å²) in [4.78, 5) is 102. The molecule has 0 saturated carbocycles. The number of fused-ring (bicyclic) bond motifs is 4. The van der Waals surface area contributed by atoms with Crippen LogP contribution in [-0.4, -0.2) is 138 Å². The number of amides is 7. The van der Waals surface area contributed by atoms with Crippen LogP contribution in [0.3, 0.4) is 0 Å². The minimum absolute atomic E-state index is 0.0107. The van der Waals surface area contributed by atoms with Gasteiger partial charge in [0.05, 0.1) is 13.2 Å². The maximum absolute atomic E-state index is 14.7. The van der Waals surface area contributed by atoms with E-state index in [9.17, 15) is 42.3 Å². The Hall–Kier alpha value is -6.05. The highest BCUT2D eigenvalue weighted by Gasteiger charge is 2.47. The van der Waals surface area contributed by atoms with E-state index in [0.717, 1.165) is 12.1 Å². The molecule has 5 heterocycles. The van der Waals surface area contributed by atoms with Gasteiger partial charge in [-0.1, -0.05) is 6.92 Å². The van der Waals surface area contributed by atoms with Crippen LogP contribution >= 0.6 is 0 Å². The fourth-order valence-corrected chi connectivity index (χ4v) is 8.31. The van der Waals surface area contributed by atoms with Crippen molar-refractivity contribution in [1.82, 2.24) is 30.7 Å². The van der Waals surface area contributed by atoms with Crippen molar-refractivity contribution < 1.29 is 61.3 Å². The van der Waals surface area contributed by atoms with Crippen LogP contribution in [0, 0.1) is 17.6 Å². The van der Waals surface area contributed by atoms with Crippen LogP contribution in [0.2, 0.25) is 0 Å². The third-order valence-electron chi connectivity index (χ3n) is 11.3. The molecule has 0 spiro atoms. The van der Waals surface area contributed by atoms with Gasteiger partial charge < -0.3 is 54.9 Å². The number of carbonyl (C=O) groups excluding carboxylic acids is 7. The van der Waals surface area contributed by atoms with Gasteiger partial charge >= 0.3 is 12.0 Å². The van der Waals surface area contributed by atoms with Gasteiger partial charge in [-0.05, 0) is 68.9 Å². The summed E-state index contributed by atoms with van der Waals surface area (Å²) in [5, 5.41) is 10.4. The summed E-state index contributed by atoms with van der Waals surface area (Å²) in [5.41, 5.74) is 0.248. The van der Waals surface area contributed by atoms with Crippen LogP contribution in [0.1, 0.15) is 45.6 Å². The highest BCUT2D eigenvalue weighted by atomic mass is 19.1. The molecule has 0 bridgehead atoms. The molecule has 8 atom stereocenters. The first-order chi connectivity index (χ1) is 28.7. The molecule has 7 rings (SSSR count). The predicted molar refractivity (Wildman–Crippen MR) is 204 cm³/mol. The number of anilines is 1. The van der Waals surface area contributed by atoms with E-state index in [-0.39, 0.29) is 69.7 Å². The van der Waals surface area contributed by atoms with E-state index in [0.29, 0.717) is 24.0 Å². The van der Waals surface area contributed by atoms with Crippen LogP contribution in [-0.2, 0) is 44.7 Å². The number of rotatable bonds is 6. The topological polar surface area (TPSA) is 214 Å². The van der Waals surface area contributed by atoms with Gasteiger partial charge in [-0.3, -0.25) is 24.0 Å². The van der Waals surface area contributed by atoms with Crippen molar-refractivity contribution in [1.29, 1.82) is 0 Å². The molecule has 0 aromatic heterocycles. The van der Waals surface area contributed by atoms with Crippen molar-refractivity contribution in [2.45, 2.75) is 88.8 Å². The van der Waals surface area contributed by atoms with Gasteiger partial charge in [-0.15, -0.1) is 0 Å². The highest BCUT2D eigenvalue weighted by molar-refractivity contribution is 5.99. The summed E-state index contributed by atoms with van der Waals surface area (Å²) >= 11 is 0. The van der Waals surface area contributed by atoms with Gasteiger partial charge in [0.1, 0.15) is 54.0 Å². The van der Waals surface area contributed by atoms with Gasteiger partial charge in [-0.2, -0.15) is 0 Å². The molecule has 5 aliphatic heterocycles. The average Bonchev–Trinajstić information content (AvgIpc) is 3.98. The first kappa shape index (κ1) is 42.1. The summed E-state index contributed by atoms with van der Waals surface area (Å²) in [6.45, 7) is 4.91. The van der Waals surface area contributed by atoms with Gasteiger partial charge in [0, 0.05) is 43.9 Å². The minimum atomic E-state index is -1.67. The van der Waals surface area contributed by atoms with E-state index in [4.69, 9.17) is 18.9 Å². The van der Waals surface area contributed by atoms with Gasteiger partial charge in [0.25, 0.3) is 0 Å². The van der Waals surface area contributed by atoms with E-state index < -0.39 is 102 Å². The third-order valence-corrected chi connectivity index (χ3v) is 11.3. The zero-order valence-electron chi connectivity index (χ0n) is 33.2. The number of benzene rings is 2. The molecule has 60 heavy (non-hydrogen) atoms. The van der Waals surface area contributed by atoms with Crippen LogP contribution < -0.4 is 30.7 Å². The molecule has 4 N–H and O–H groups in total. The summed E-state index contributed by atoms with van der Waals surface area (Å²) in [7, 11) is 0. The maximum atomic E-state index is 14.7. The second-order valence-corrected chi connectivity index (χ2v) is 15.7. The largest absolute Gasteiger partial charge is 0.458 e. The lowest BCUT2D eigenvalue weighted by Crippen LogP contribution is -2.64. The normalized spacial score (nSPS) is 27.6. The first-order valence-corrected chi connectivity index (χ1v) is 19.9. The number of halogens is 2. The van der Waals surface area contributed by atoms with E-state index in [1.54, 1.807) is 6.07 Å². The van der Waals surface area contributed by atoms with E-state index in [2.05, 4.69) is 21.3 Å². The summed E-state index contributed by atoms with van der Waals surface area (Å²) in [6, 6.07) is -1.34. The second-order valence-electron chi connectivity index (χ2n) is 15.7. The van der Waals surface area contributed by atoms with Crippen molar-refractivity contribution >= 4 is 47.2 Å². The molecular formula is C40H47F2N7O11. The molecule has 7 amide bonds. The van der Waals surface area contributed by atoms with E-state index in [1.165, 1.54) is 40.7 Å². The van der Waals surface area contributed by atoms with Crippen LogP contribution in [0.5, 0.6) is 11.5 Å². The third kappa shape index (κ3) is 9.07. The molecule has 0 aliphatic carbocycles. The lowest BCUT2D eigenvalue weighted by Gasteiger charge is -2.39. The van der Waals surface area contributed by atoms with Crippen molar-refractivity contribution in [3.8, 4) is 11.5 Å². The zero-order chi connectivity index (χ0) is 42.8. The molecule has 20 heteroatoms. The van der Waals surface area contributed by atoms with Crippen molar-refractivity contribution in [3.05, 3.63) is 53.6 Å². The smallest absolute Gasteiger partial charge is 0.329 e. The Morgan fingerprint density at radius 3 is 2.37 bits per heavy atom. The number of urea groups is 1. The van der Waals surface area contributed by atoms with Crippen molar-refractivity contribution in [2.24, 2.45) is 5.92 Å². The lowest BCUT2D eigenvalue weighted by atomic mass is 10.0. The summed E-state index contributed by atoms with van der Waals surface area (Å²) in [5.74, 6) is -5.62. The number of hydrogen-bond donors (Lipinski definition) is 4. The molecule has 4 saturated heterocycles. The Bertz CT molecular complexity index is 2040. The lowest BCUT2D eigenvalue weighted by molar-refractivity contribution is -0.164. The first-order valence-electron chi connectivity index (χ1n) is 19.9. The highest BCUT2D eigenvalue weighted by Crippen LogP contribution is 2.34. The SMILES string of the molecule is C[C@H]1C[C@H]2C(=O)O[C@@H](C)[C@H](NC(=O)[C@H](Cc3cc(F)cc(F)c3)NC(=O)Nc3ccc4c(c3)OCO4)C(=O)N3CCC[C@H]3C(=O)N3CCOC[C@H]3C(=O)N[C@@H](C)C(=O)N2C1. The quantitative estimate of drug-likeness (QED) is 0.299. The van der Waals surface area contributed by atoms with Crippen molar-refractivity contribution in [2.75, 3.05) is 45.0 Å². The number of ether oxygens (including phenoxy) is 4. The van der Waals surface area contributed by atoms with Crippen LogP contribution in [0.4, 0.5) is 19.3 Å². The molecule has 0 unspecified atom stereocenters.